The summed E-state index contributed by atoms with van der Waals surface area (Å²) in [5.41, 5.74) is 4.14. The van der Waals surface area contributed by atoms with Crippen LogP contribution in [0.2, 0.25) is 0 Å². The van der Waals surface area contributed by atoms with E-state index in [1.165, 1.54) is 31.5 Å². The molecule has 1 aliphatic heterocycles. The Morgan fingerprint density at radius 3 is 2.44 bits per heavy atom. The molecule has 1 aliphatic rings. The molecule has 0 radical (unpaired) electrons. The Balaban J connectivity index is 1.47. The normalized spacial score (nSPS) is 16.2. The molecule has 0 saturated carbocycles. The number of benzene rings is 2. The van der Waals surface area contributed by atoms with Gasteiger partial charge in [0.15, 0.2) is 0 Å². The summed E-state index contributed by atoms with van der Waals surface area (Å²) in [5.74, 6) is 0.575. The highest BCUT2D eigenvalue weighted by Gasteiger charge is 2.16. The number of hydrogen-bond acceptors (Lipinski definition) is 3. The Morgan fingerprint density at radius 1 is 1.00 bits per heavy atom. The fourth-order valence-corrected chi connectivity index (χ4v) is 3.40. The SMILES string of the molecule is OC(c1ccc(CN2CCCC2)cc1)c1ncc(-c2ccccc2)[nH]1. The number of aliphatic hydroxyl groups is 1. The highest BCUT2D eigenvalue weighted by Crippen LogP contribution is 2.24. The molecule has 0 bridgehead atoms. The quantitative estimate of drug-likeness (QED) is 0.747. The molecule has 1 saturated heterocycles. The van der Waals surface area contributed by atoms with Crippen LogP contribution in [0.25, 0.3) is 11.3 Å². The summed E-state index contributed by atoms with van der Waals surface area (Å²) in [5, 5.41) is 10.6. The lowest BCUT2D eigenvalue weighted by atomic mass is 10.1. The number of aromatic amines is 1. The third-order valence-corrected chi connectivity index (χ3v) is 4.84. The summed E-state index contributed by atoms with van der Waals surface area (Å²) < 4.78 is 0. The van der Waals surface area contributed by atoms with E-state index >= 15 is 0 Å². The second-order valence-corrected chi connectivity index (χ2v) is 6.68. The fraction of sp³-hybridized carbons (Fsp3) is 0.286. The van der Waals surface area contributed by atoms with Crippen molar-refractivity contribution in [1.29, 1.82) is 0 Å². The average Bonchev–Trinajstić information content (AvgIpc) is 3.34. The van der Waals surface area contributed by atoms with E-state index in [0.717, 1.165) is 23.4 Å². The number of H-pyrrole nitrogens is 1. The highest BCUT2D eigenvalue weighted by molar-refractivity contribution is 5.58. The van der Waals surface area contributed by atoms with Crippen molar-refractivity contribution in [3.8, 4) is 11.3 Å². The molecule has 2 heterocycles. The number of nitrogens with one attached hydrogen (secondary N) is 1. The van der Waals surface area contributed by atoms with Gasteiger partial charge in [-0.05, 0) is 42.6 Å². The van der Waals surface area contributed by atoms with Gasteiger partial charge >= 0.3 is 0 Å². The van der Waals surface area contributed by atoms with Crippen LogP contribution in [0.3, 0.4) is 0 Å². The maximum atomic E-state index is 10.6. The van der Waals surface area contributed by atoms with E-state index in [-0.39, 0.29) is 0 Å². The third-order valence-electron chi connectivity index (χ3n) is 4.84. The first-order chi connectivity index (χ1) is 12.3. The van der Waals surface area contributed by atoms with Gasteiger partial charge in [0.05, 0.1) is 11.9 Å². The van der Waals surface area contributed by atoms with E-state index in [0.29, 0.717) is 5.82 Å². The van der Waals surface area contributed by atoms with Crippen LogP contribution in [0.5, 0.6) is 0 Å². The van der Waals surface area contributed by atoms with Crippen molar-refractivity contribution in [1.82, 2.24) is 14.9 Å². The van der Waals surface area contributed by atoms with Crippen molar-refractivity contribution in [2.24, 2.45) is 0 Å². The maximum absolute atomic E-state index is 10.6. The van der Waals surface area contributed by atoms with Crippen LogP contribution in [0.4, 0.5) is 0 Å². The smallest absolute Gasteiger partial charge is 0.140 e. The monoisotopic (exact) mass is 333 g/mol. The zero-order valence-corrected chi connectivity index (χ0v) is 14.2. The van der Waals surface area contributed by atoms with Gasteiger partial charge in [0.1, 0.15) is 11.9 Å². The summed E-state index contributed by atoms with van der Waals surface area (Å²) in [6, 6.07) is 18.2. The van der Waals surface area contributed by atoms with Crippen LogP contribution >= 0.6 is 0 Å². The molecule has 25 heavy (non-hydrogen) atoms. The molecule has 1 aromatic heterocycles. The number of imidazole rings is 1. The van der Waals surface area contributed by atoms with Gasteiger partial charge < -0.3 is 10.1 Å². The Kier molecular flexibility index (Phi) is 4.63. The lowest BCUT2D eigenvalue weighted by molar-refractivity contribution is 0.211. The molecule has 0 spiro atoms. The minimum Gasteiger partial charge on any atom is -0.380 e. The minimum atomic E-state index is -0.738. The van der Waals surface area contributed by atoms with Crippen molar-refractivity contribution in [2.45, 2.75) is 25.5 Å². The first kappa shape index (κ1) is 16.1. The van der Waals surface area contributed by atoms with Gasteiger partial charge in [0.2, 0.25) is 0 Å². The molecular formula is C21H23N3O. The van der Waals surface area contributed by atoms with Crippen LogP contribution in [0.15, 0.2) is 60.8 Å². The molecule has 0 amide bonds. The number of nitrogens with zero attached hydrogens (tertiary/aromatic N) is 2. The predicted octanol–water partition coefficient (Wildman–Crippen LogP) is 3.75. The van der Waals surface area contributed by atoms with Gasteiger partial charge in [-0.1, -0.05) is 54.6 Å². The second kappa shape index (κ2) is 7.21. The summed E-state index contributed by atoms with van der Waals surface area (Å²) in [7, 11) is 0. The second-order valence-electron chi connectivity index (χ2n) is 6.68. The van der Waals surface area contributed by atoms with E-state index in [1.807, 2.05) is 42.5 Å². The molecule has 3 aromatic rings. The molecule has 1 unspecified atom stereocenters. The molecule has 1 fully saturated rings. The number of likely N-dealkylation sites (tertiary alicyclic amines) is 1. The van der Waals surface area contributed by atoms with Crippen LogP contribution in [0.1, 0.15) is 35.9 Å². The summed E-state index contributed by atoms with van der Waals surface area (Å²) in [4.78, 5) is 10.1. The molecule has 2 N–H and O–H groups in total. The van der Waals surface area contributed by atoms with Crippen molar-refractivity contribution in [3.63, 3.8) is 0 Å². The van der Waals surface area contributed by atoms with Crippen molar-refractivity contribution in [3.05, 3.63) is 77.7 Å². The Morgan fingerprint density at radius 2 is 1.72 bits per heavy atom. The van der Waals surface area contributed by atoms with Gasteiger partial charge in [0.25, 0.3) is 0 Å². The van der Waals surface area contributed by atoms with Crippen molar-refractivity contribution >= 4 is 0 Å². The number of aliphatic hydroxyl groups excluding tert-OH is 1. The third kappa shape index (κ3) is 3.65. The zero-order chi connectivity index (χ0) is 17.1. The largest absolute Gasteiger partial charge is 0.380 e. The molecule has 4 rings (SSSR count). The zero-order valence-electron chi connectivity index (χ0n) is 14.2. The van der Waals surface area contributed by atoms with Crippen LogP contribution < -0.4 is 0 Å². The molecule has 0 aliphatic carbocycles. The molecular weight excluding hydrogens is 310 g/mol. The highest BCUT2D eigenvalue weighted by atomic mass is 16.3. The van der Waals surface area contributed by atoms with E-state index in [2.05, 4.69) is 27.0 Å². The van der Waals surface area contributed by atoms with E-state index in [4.69, 9.17) is 0 Å². The van der Waals surface area contributed by atoms with E-state index < -0.39 is 6.10 Å². The molecule has 1 atom stereocenters. The lowest BCUT2D eigenvalue weighted by Gasteiger charge is -2.15. The Labute approximate surface area is 148 Å². The van der Waals surface area contributed by atoms with Crippen molar-refractivity contribution in [2.75, 3.05) is 13.1 Å². The van der Waals surface area contributed by atoms with Gasteiger partial charge in [-0.3, -0.25) is 4.90 Å². The number of rotatable bonds is 5. The number of aromatic nitrogens is 2. The maximum Gasteiger partial charge on any atom is 0.140 e. The minimum absolute atomic E-state index is 0.575. The van der Waals surface area contributed by atoms with Gasteiger partial charge in [-0.2, -0.15) is 0 Å². The number of hydrogen-bond donors (Lipinski definition) is 2. The van der Waals surface area contributed by atoms with Gasteiger partial charge in [-0.25, -0.2) is 4.98 Å². The molecule has 4 heteroatoms. The first-order valence-corrected chi connectivity index (χ1v) is 8.89. The summed E-state index contributed by atoms with van der Waals surface area (Å²) >= 11 is 0. The predicted molar refractivity (Wildman–Crippen MR) is 99.0 cm³/mol. The fourth-order valence-electron chi connectivity index (χ4n) is 3.40. The summed E-state index contributed by atoms with van der Waals surface area (Å²) in [6.45, 7) is 3.38. The first-order valence-electron chi connectivity index (χ1n) is 8.89. The topological polar surface area (TPSA) is 52.1 Å². The molecule has 128 valence electrons. The molecule has 2 aromatic carbocycles. The lowest BCUT2D eigenvalue weighted by Crippen LogP contribution is -2.18. The van der Waals surface area contributed by atoms with E-state index in [9.17, 15) is 5.11 Å². The van der Waals surface area contributed by atoms with Crippen LogP contribution in [-0.2, 0) is 6.54 Å². The molecule has 4 nitrogen and oxygen atoms in total. The Bertz CT molecular complexity index is 805. The summed E-state index contributed by atoms with van der Waals surface area (Å²) in [6.07, 6.45) is 3.64. The standard InChI is InChI=1S/C21H23N3O/c25-20(21-22-14-19(23-21)17-6-2-1-3-7-17)18-10-8-16(9-11-18)15-24-12-4-5-13-24/h1-3,6-11,14,20,25H,4-5,12-13,15H2,(H,22,23). The van der Waals surface area contributed by atoms with Gasteiger partial charge in [-0.15, -0.1) is 0 Å². The average molecular weight is 333 g/mol. The van der Waals surface area contributed by atoms with Crippen molar-refractivity contribution < 1.29 is 5.11 Å². The van der Waals surface area contributed by atoms with Crippen LogP contribution in [-0.4, -0.2) is 33.1 Å². The van der Waals surface area contributed by atoms with Gasteiger partial charge in [0, 0.05) is 6.54 Å². The van der Waals surface area contributed by atoms with E-state index in [1.54, 1.807) is 6.20 Å². The Hall–Kier alpha value is -2.43. The van der Waals surface area contributed by atoms with Crippen LogP contribution in [0, 0.1) is 0 Å².